The summed E-state index contributed by atoms with van der Waals surface area (Å²) in [5, 5.41) is 1.99. The van der Waals surface area contributed by atoms with E-state index in [9.17, 15) is 4.79 Å². The second kappa shape index (κ2) is 5.62. The molecule has 0 unspecified atom stereocenters. The molecule has 3 nitrogen and oxygen atoms in total. The predicted molar refractivity (Wildman–Crippen MR) is 101 cm³/mol. The summed E-state index contributed by atoms with van der Waals surface area (Å²) in [6, 6.07) is 13.6. The standard InChI is InChI=1S/C22H20O3/c1-12(2)15-6-8-20-17(10-15)18(11-21(23)24-20)22-14(4)16-9-13(3)5-7-19(16)25-22/h5-12H,1-4H3. The molecule has 0 radical (unpaired) electrons. The number of rotatable bonds is 2. The van der Waals surface area contributed by atoms with E-state index in [0.29, 0.717) is 11.5 Å². The third-order valence-electron chi connectivity index (χ3n) is 4.77. The first-order chi connectivity index (χ1) is 11.9. The minimum absolute atomic E-state index is 0.365. The first-order valence-electron chi connectivity index (χ1n) is 8.52. The molecule has 0 aliphatic carbocycles. The summed E-state index contributed by atoms with van der Waals surface area (Å²) in [4.78, 5) is 12.1. The fourth-order valence-electron chi connectivity index (χ4n) is 3.32. The van der Waals surface area contributed by atoms with Gasteiger partial charge in [0.05, 0.1) is 0 Å². The summed E-state index contributed by atoms with van der Waals surface area (Å²) >= 11 is 0. The molecule has 4 aromatic rings. The lowest BCUT2D eigenvalue weighted by Gasteiger charge is -2.09. The van der Waals surface area contributed by atoms with Gasteiger partial charge in [-0.25, -0.2) is 4.79 Å². The number of fused-ring (bicyclic) bond motifs is 2. The molecule has 2 aromatic heterocycles. The molecule has 0 saturated heterocycles. The van der Waals surface area contributed by atoms with Gasteiger partial charge in [0.25, 0.3) is 0 Å². The van der Waals surface area contributed by atoms with Crippen LogP contribution in [0.5, 0.6) is 0 Å². The van der Waals surface area contributed by atoms with Crippen LogP contribution in [0.15, 0.2) is 56.1 Å². The number of hydrogen-bond acceptors (Lipinski definition) is 3. The molecule has 0 atom stereocenters. The number of hydrogen-bond donors (Lipinski definition) is 0. The molecule has 25 heavy (non-hydrogen) atoms. The molecule has 0 N–H and O–H groups in total. The van der Waals surface area contributed by atoms with Gasteiger partial charge >= 0.3 is 5.63 Å². The lowest BCUT2D eigenvalue weighted by molar-refractivity contribution is 0.559. The summed E-state index contributed by atoms with van der Waals surface area (Å²) in [7, 11) is 0. The normalized spacial score (nSPS) is 11.7. The Morgan fingerprint density at radius 3 is 2.32 bits per heavy atom. The van der Waals surface area contributed by atoms with Gasteiger partial charge in [-0.3, -0.25) is 0 Å². The van der Waals surface area contributed by atoms with E-state index in [4.69, 9.17) is 8.83 Å². The van der Waals surface area contributed by atoms with Crippen LogP contribution in [0.3, 0.4) is 0 Å². The number of furan rings is 1. The average molecular weight is 332 g/mol. The Hall–Kier alpha value is -2.81. The Labute approximate surface area is 145 Å². The molecule has 0 bridgehead atoms. The van der Waals surface area contributed by atoms with Crippen LogP contribution in [0.1, 0.15) is 36.5 Å². The zero-order valence-corrected chi connectivity index (χ0v) is 14.8. The van der Waals surface area contributed by atoms with Gasteiger partial charge in [0, 0.05) is 28.0 Å². The van der Waals surface area contributed by atoms with Crippen molar-refractivity contribution in [1.29, 1.82) is 0 Å². The van der Waals surface area contributed by atoms with E-state index < -0.39 is 0 Å². The molecular weight excluding hydrogens is 312 g/mol. The molecule has 2 heterocycles. The van der Waals surface area contributed by atoms with Gasteiger partial charge in [0.2, 0.25) is 0 Å². The van der Waals surface area contributed by atoms with Crippen LogP contribution in [0, 0.1) is 13.8 Å². The molecule has 0 aliphatic heterocycles. The van der Waals surface area contributed by atoms with E-state index in [1.54, 1.807) is 0 Å². The molecule has 0 saturated carbocycles. The summed E-state index contributed by atoms with van der Waals surface area (Å²) < 4.78 is 11.5. The topological polar surface area (TPSA) is 43.4 Å². The lowest BCUT2D eigenvalue weighted by atomic mass is 9.97. The maximum Gasteiger partial charge on any atom is 0.336 e. The Morgan fingerprint density at radius 2 is 1.56 bits per heavy atom. The molecule has 126 valence electrons. The zero-order valence-electron chi connectivity index (χ0n) is 14.8. The van der Waals surface area contributed by atoms with E-state index in [2.05, 4.69) is 32.9 Å². The Balaban J connectivity index is 2.08. The molecule has 2 aromatic carbocycles. The van der Waals surface area contributed by atoms with Gasteiger partial charge in [0.1, 0.15) is 16.9 Å². The molecule has 0 fully saturated rings. The zero-order chi connectivity index (χ0) is 17.7. The van der Waals surface area contributed by atoms with Gasteiger partial charge in [-0.1, -0.05) is 31.5 Å². The van der Waals surface area contributed by atoms with E-state index in [1.165, 1.54) is 17.2 Å². The molecule has 0 spiro atoms. The highest BCUT2D eigenvalue weighted by Gasteiger charge is 2.17. The number of aryl methyl sites for hydroxylation is 2. The highest BCUT2D eigenvalue weighted by Crippen LogP contribution is 2.37. The van der Waals surface area contributed by atoms with E-state index in [-0.39, 0.29) is 5.63 Å². The summed E-state index contributed by atoms with van der Waals surface area (Å²) in [6.07, 6.45) is 0. The Bertz CT molecular complexity index is 1160. The van der Waals surface area contributed by atoms with Crippen molar-refractivity contribution in [2.24, 2.45) is 0 Å². The van der Waals surface area contributed by atoms with Crippen LogP contribution < -0.4 is 5.63 Å². The Morgan fingerprint density at radius 1 is 0.840 bits per heavy atom. The van der Waals surface area contributed by atoms with Crippen molar-refractivity contribution in [2.75, 3.05) is 0 Å². The van der Waals surface area contributed by atoms with Crippen molar-refractivity contribution in [3.63, 3.8) is 0 Å². The van der Waals surface area contributed by atoms with Gasteiger partial charge in [-0.15, -0.1) is 0 Å². The van der Waals surface area contributed by atoms with E-state index in [0.717, 1.165) is 33.2 Å². The van der Waals surface area contributed by atoms with Crippen LogP contribution in [0.4, 0.5) is 0 Å². The van der Waals surface area contributed by atoms with E-state index in [1.807, 2.05) is 31.2 Å². The highest BCUT2D eigenvalue weighted by atomic mass is 16.4. The van der Waals surface area contributed by atoms with Gasteiger partial charge < -0.3 is 8.83 Å². The molecular formula is C22H20O3. The van der Waals surface area contributed by atoms with Crippen LogP contribution in [0.25, 0.3) is 33.3 Å². The lowest BCUT2D eigenvalue weighted by Crippen LogP contribution is -1.99. The second-order valence-electron chi connectivity index (χ2n) is 6.95. The average Bonchev–Trinajstić information content (AvgIpc) is 2.90. The monoisotopic (exact) mass is 332 g/mol. The maximum absolute atomic E-state index is 12.1. The highest BCUT2D eigenvalue weighted by molar-refractivity contribution is 5.97. The van der Waals surface area contributed by atoms with Crippen molar-refractivity contribution in [3.8, 4) is 11.3 Å². The minimum atomic E-state index is -0.365. The van der Waals surface area contributed by atoms with Gasteiger partial charge in [0.15, 0.2) is 0 Å². The molecule has 0 amide bonds. The smallest absolute Gasteiger partial charge is 0.336 e. The van der Waals surface area contributed by atoms with Crippen molar-refractivity contribution >= 4 is 21.9 Å². The summed E-state index contributed by atoms with van der Waals surface area (Å²) in [6.45, 7) is 8.39. The van der Waals surface area contributed by atoms with Crippen LogP contribution in [-0.4, -0.2) is 0 Å². The summed E-state index contributed by atoms with van der Waals surface area (Å²) in [5.41, 5.74) is 5.27. The molecule has 0 aliphatic rings. The van der Waals surface area contributed by atoms with Crippen LogP contribution in [-0.2, 0) is 0 Å². The van der Waals surface area contributed by atoms with Crippen molar-refractivity contribution in [3.05, 3.63) is 69.6 Å². The van der Waals surface area contributed by atoms with Crippen molar-refractivity contribution in [1.82, 2.24) is 0 Å². The van der Waals surface area contributed by atoms with Gasteiger partial charge in [-0.2, -0.15) is 0 Å². The molecule has 3 heteroatoms. The second-order valence-corrected chi connectivity index (χ2v) is 6.95. The van der Waals surface area contributed by atoms with Crippen molar-refractivity contribution < 1.29 is 8.83 Å². The summed E-state index contributed by atoms with van der Waals surface area (Å²) in [5.74, 6) is 1.13. The number of benzene rings is 2. The fourth-order valence-corrected chi connectivity index (χ4v) is 3.32. The van der Waals surface area contributed by atoms with Crippen LogP contribution >= 0.6 is 0 Å². The molecule has 4 rings (SSSR count). The first kappa shape index (κ1) is 15.7. The maximum atomic E-state index is 12.1. The third kappa shape index (κ3) is 2.56. The quantitative estimate of drug-likeness (QED) is 0.426. The predicted octanol–water partition coefficient (Wildman–Crippen LogP) is 5.95. The van der Waals surface area contributed by atoms with Crippen molar-refractivity contribution in [2.45, 2.75) is 33.6 Å². The Kier molecular flexibility index (Phi) is 3.53. The first-order valence-corrected chi connectivity index (χ1v) is 8.52. The van der Waals surface area contributed by atoms with E-state index >= 15 is 0 Å². The third-order valence-corrected chi connectivity index (χ3v) is 4.77. The van der Waals surface area contributed by atoms with Gasteiger partial charge in [-0.05, 0) is 49.6 Å². The van der Waals surface area contributed by atoms with Crippen LogP contribution in [0.2, 0.25) is 0 Å². The largest absolute Gasteiger partial charge is 0.456 e. The SMILES string of the molecule is Cc1ccc2oc(-c3cc(=O)oc4ccc(C(C)C)cc34)c(C)c2c1. The minimum Gasteiger partial charge on any atom is -0.456 e. The fraction of sp³-hybridized carbons (Fsp3) is 0.227.